The van der Waals surface area contributed by atoms with Crippen LogP contribution in [0.3, 0.4) is 0 Å². The van der Waals surface area contributed by atoms with E-state index in [1.807, 2.05) is 0 Å². The van der Waals surface area contributed by atoms with E-state index in [1.54, 1.807) is 60.7 Å². The van der Waals surface area contributed by atoms with Crippen LogP contribution >= 0.6 is 24.4 Å². The molecule has 4 rings (SSSR count). The van der Waals surface area contributed by atoms with E-state index in [1.165, 1.54) is 0 Å². The van der Waals surface area contributed by atoms with Gasteiger partial charge in [-0.3, -0.25) is 0 Å². The fourth-order valence-corrected chi connectivity index (χ4v) is 5.20. The average Bonchev–Trinajstić information content (AvgIpc) is 3.01. The summed E-state index contributed by atoms with van der Waals surface area (Å²) in [7, 11) is 0. The van der Waals surface area contributed by atoms with Gasteiger partial charge in [0.15, 0.2) is 10.2 Å². The number of halogens is 12. The Labute approximate surface area is 286 Å². The van der Waals surface area contributed by atoms with Gasteiger partial charge in [0.1, 0.15) is 0 Å². The summed E-state index contributed by atoms with van der Waals surface area (Å²) in [6, 6.07) is 15.5. The second-order valence-corrected chi connectivity index (χ2v) is 11.4. The van der Waals surface area contributed by atoms with Crippen molar-refractivity contribution in [2.24, 2.45) is 0 Å². The lowest BCUT2D eigenvalue weighted by Crippen LogP contribution is -2.43. The van der Waals surface area contributed by atoms with E-state index >= 15 is 0 Å². The summed E-state index contributed by atoms with van der Waals surface area (Å²) >= 11 is 10.6. The second-order valence-electron chi connectivity index (χ2n) is 10.6. The molecule has 0 fully saturated rings. The summed E-state index contributed by atoms with van der Waals surface area (Å²) in [4.78, 5) is 0. The minimum Gasteiger partial charge on any atom is -0.353 e. The number of hydrogen-bond donors (Lipinski definition) is 4. The Hall–Kier alpha value is -4.58. The number of benzene rings is 4. The highest BCUT2D eigenvalue weighted by Gasteiger charge is 2.38. The van der Waals surface area contributed by atoms with Gasteiger partial charge in [-0.25, -0.2) is 0 Å². The first-order chi connectivity index (χ1) is 23.1. The molecule has 18 heteroatoms. The molecule has 0 aliphatic heterocycles. The normalized spacial score (nSPS) is 13.6. The number of rotatable bonds is 7. The lowest BCUT2D eigenvalue weighted by molar-refractivity contribution is -0.144. The maximum absolute atomic E-state index is 13.5. The van der Waals surface area contributed by atoms with E-state index in [0.717, 1.165) is 0 Å². The van der Waals surface area contributed by atoms with Gasteiger partial charge >= 0.3 is 24.7 Å². The predicted molar refractivity (Wildman–Crippen MR) is 170 cm³/mol. The summed E-state index contributed by atoms with van der Waals surface area (Å²) in [6.07, 6.45) is -20.5. The van der Waals surface area contributed by atoms with Crippen molar-refractivity contribution in [1.29, 1.82) is 0 Å². The second kappa shape index (κ2) is 14.7. The first-order valence-corrected chi connectivity index (χ1v) is 14.8. The SMILES string of the molecule is FC(F)(F)c1cc(NC(=S)NC(c2ccccc2)[C@H](NC(=S)Nc2cc(C(F)(F)F)cc(C(F)(F)F)c2)c2ccccc2)cc(C(F)(F)F)c1. The highest BCUT2D eigenvalue weighted by atomic mass is 32.1. The van der Waals surface area contributed by atoms with Crippen molar-refractivity contribution in [2.75, 3.05) is 10.6 Å². The fraction of sp³-hybridized carbons (Fsp3) is 0.188. The first-order valence-electron chi connectivity index (χ1n) is 13.9. The lowest BCUT2D eigenvalue weighted by atomic mass is 9.93. The van der Waals surface area contributed by atoms with Gasteiger partial charge in [-0.15, -0.1) is 0 Å². The Morgan fingerprint density at radius 3 is 0.920 bits per heavy atom. The zero-order valence-electron chi connectivity index (χ0n) is 24.7. The van der Waals surface area contributed by atoms with Gasteiger partial charge < -0.3 is 21.3 Å². The number of alkyl halides is 12. The molecule has 4 nitrogen and oxygen atoms in total. The van der Waals surface area contributed by atoms with Crippen LogP contribution in [-0.2, 0) is 24.7 Å². The van der Waals surface area contributed by atoms with Gasteiger partial charge in [-0.1, -0.05) is 60.7 Å². The molecular formula is C32H22F12N4S2. The highest BCUT2D eigenvalue weighted by Crippen LogP contribution is 2.39. The molecule has 1 unspecified atom stereocenters. The van der Waals surface area contributed by atoms with E-state index < -0.39 is 80.6 Å². The van der Waals surface area contributed by atoms with Gasteiger partial charge in [-0.05, 0) is 72.0 Å². The van der Waals surface area contributed by atoms with Gasteiger partial charge in [-0.2, -0.15) is 52.7 Å². The van der Waals surface area contributed by atoms with Crippen LogP contribution in [0.15, 0.2) is 97.1 Å². The molecular weight excluding hydrogens is 732 g/mol. The Morgan fingerprint density at radius 2 is 0.680 bits per heavy atom. The molecule has 4 aromatic rings. The van der Waals surface area contributed by atoms with Gasteiger partial charge in [0.05, 0.1) is 34.3 Å². The molecule has 0 bridgehead atoms. The predicted octanol–water partition coefficient (Wildman–Crippen LogP) is 10.5. The summed E-state index contributed by atoms with van der Waals surface area (Å²) in [5.74, 6) is 0. The van der Waals surface area contributed by atoms with Crippen molar-refractivity contribution in [3.63, 3.8) is 0 Å². The maximum atomic E-state index is 13.5. The van der Waals surface area contributed by atoms with Crippen LogP contribution in [0.5, 0.6) is 0 Å². The van der Waals surface area contributed by atoms with Crippen molar-refractivity contribution in [3.05, 3.63) is 130 Å². The van der Waals surface area contributed by atoms with Crippen LogP contribution in [-0.4, -0.2) is 10.2 Å². The third-order valence-corrected chi connectivity index (χ3v) is 7.35. The van der Waals surface area contributed by atoms with Crippen molar-refractivity contribution < 1.29 is 52.7 Å². The van der Waals surface area contributed by atoms with Gasteiger partial charge in [0, 0.05) is 11.4 Å². The first kappa shape index (κ1) is 38.2. The van der Waals surface area contributed by atoms with E-state index in [2.05, 4.69) is 21.3 Å². The maximum Gasteiger partial charge on any atom is 0.416 e. The van der Waals surface area contributed by atoms with Crippen molar-refractivity contribution >= 4 is 46.0 Å². The lowest BCUT2D eigenvalue weighted by Gasteiger charge is -2.32. The summed E-state index contributed by atoms with van der Waals surface area (Å²) in [5, 5.41) is 9.46. The van der Waals surface area contributed by atoms with Crippen LogP contribution in [0.1, 0.15) is 45.5 Å². The molecule has 0 aromatic heterocycles. The van der Waals surface area contributed by atoms with Crippen molar-refractivity contribution in [1.82, 2.24) is 10.6 Å². The van der Waals surface area contributed by atoms with Gasteiger partial charge in [0.2, 0.25) is 0 Å². The molecule has 4 N–H and O–H groups in total. The molecule has 0 saturated carbocycles. The molecule has 0 spiro atoms. The number of anilines is 2. The van der Waals surface area contributed by atoms with E-state index in [-0.39, 0.29) is 12.1 Å². The quantitative estimate of drug-likeness (QED) is 0.111. The molecule has 266 valence electrons. The Morgan fingerprint density at radius 1 is 0.420 bits per heavy atom. The number of nitrogens with one attached hydrogen (secondary N) is 4. The minimum absolute atomic E-state index is 0.0558. The molecule has 0 radical (unpaired) electrons. The van der Waals surface area contributed by atoms with E-state index in [9.17, 15) is 52.7 Å². The molecule has 2 atom stereocenters. The summed E-state index contributed by atoms with van der Waals surface area (Å²) in [5.41, 5.74) is -6.83. The number of hydrogen-bond acceptors (Lipinski definition) is 2. The number of thiocarbonyl (C=S) groups is 2. The van der Waals surface area contributed by atoms with E-state index in [4.69, 9.17) is 24.4 Å². The fourth-order valence-electron chi connectivity index (χ4n) is 4.71. The zero-order chi connectivity index (χ0) is 37.1. The van der Waals surface area contributed by atoms with E-state index in [0.29, 0.717) is 35.4 Å². The van der Waals surface area contributed by atoms with Crippen LogP contribution in [0.25, 0.3) is 0 Å². The van der Waals surface area contributed by atoms with Crippen molar-refractivity contribution in [3.8, 4) is 0 Å². The van der Waals surface area contributed by atoms with Crippen LogP contribution in [0.4, 0.5) is 64.1 Å². The van der Waals surface area contributed by atoms with Gasteiger partial charge in [0.25, 0.3) is 0 Å². The van der Waals surface area contributed by atoms with Crippen molar-refractivity contribution in [2.45, 2.75) is 36.8 Å². The Bertz CT molecular complexity index is 1610. The van der Waals surface area contributed by atoms with Crippen LogP contribution in [0, 0.1) is 0 Å². The largest absolute Gasteiger partial charge is 0.416 e. The molecule has 4 aromatic carbocycles. The third kappa shape index (κ3) is 10.2. The Kier molecular flexibility index (Phi) is 11.3. The topological polar surface area (TPSA) is 48.1 Å². The monoisotopic (exact) mass is 754 g/mol. The molecule has 0 amide bonds. The average molecular weight is 755 g/mol. The highest BCUT2D eigenvalue weighted by molar-refractivity contribution is 7.80. The zero-order valence-corrected chi connectivity index (χ0v) is 26.4. The van der Waals surface area contributed by atoms with Crippen LogP contribution < -0.4 is 21.3 Å². The third-order valence-electron chi connectivity index (χ3n) is 6.91. The molecule has 0 saturated heterocycles. The summed E-state index contributed by atoms with van der Waals surface area (Å²) in [6.45, 7) is 0. The molecule has 0 aliphatic rings. The molecule has 0 aliphatic carbocycles. The Balaban J connectivity index is 1.70. The minimum atomic E-state index is -5.13. The summed E-state index contributed by atoms with van der Waals surface area (Å²) < 4.78 is 161. The standard InChI is InChI=1S/C32H22F12N4S2/c33-29(34,35)19-11-20(30(36,37)38)14-23(13-19)45-27(49)47-25(17-7-3-1-4-8-17)26(18-9-5-2-6-10-18)48-28(50)46-24-15-21(31(39,40)41)12-22(16-24)32(42,43)44/h1-16,25-26H,(H2,45,47,49)(H2,46,48,50)/t25-,26?/m1/s1. The smallest absolute Gasteiger partial charge is 0.353 e. The van der Waals surface area contributed by atoms with Crippen LogP contribution in [0.2, 0.25) is 0 Å². The molecule has 0 heterocycles. The molecule has 50 heavy (non-hydrogen) atoms.